The van der Waals surface area contributed by atoms with E-state index in [-0.39, 0.29) is 11.8 Å². The number of benzene rings is 2. The maximum atomic E-state index is 12.0. The van der Waals surface area contributed by atoms with Crippen LogP contribution in [-0.2, 0) is 11.2 Å². The normalized spacial score (nSPS) is 18.5. The third-order valence-electron chi connectivity index (χ3n) is 3.47. The van der Waals surface area contributed by atoms with Gasteiger partial charge in [0.15, 0.2) is 5.78 Å². The SMILES string of the molecule is C[C@@H]1N=C(c2ccccc2)c2ccccc2CC1=O. The van der Waals surface area contributed by atoms with Crippen LogP contribution in [0.3, 0.4) is 0 Å². The van der Waals surface area contributed by atoms with Crippen LogP contribution < -0.4 is 0 Å². The number of hydrogen-bond acceptors (Lipinski definition) is 2. The van der Waals surface area contributed by atoms with Crippen LogP contribution in [-0.4, -0.2) is 17.5 Å². The standard InChI is InChI=1S/C17H15NO/c1-12-16(19)11-14-9-5-6-10-15(14)17(18-12)13-7-3-2-4-8-13/h2-10,12H,11H2,1H3/t12-/m0/s1. The fourth-order valence-corrected chi connectivity index (χ4v) is 2.40. The highest BCUT2D eigenvalue weighted by molar-refractivity contribution is 6.16. The summed E-state index contributed by atoms with van der Waals surface area (Å²) < 4.78 is 0. The summed E-state index contributed by atoms with van der Waals surface area (Å²) in [5.74, 6) is 0.179. The monoisotopic (exact) mass is 249 g/mol. The van der Waals surface area contributed by atoms with E-state index in [9.17, 15) is 4.79 Å². The average Bonchev–Trinajstić information content (AvgIpc) is 2.58. The summed E-state index contributed by atoms with van der Waals surface area (Å²) in [5, 5.41) is 0. The van der Waals surface area contributed by atoms with Gasteiger partial charge >= 0.3 is 0 Å². The molecular weight excluding hydrogens is 234 g/mol. The van der Waals surface area contributed by atoms with E-state index in [1.165, 1.54) is 0 Å². The Kier molecular flexibility index (Phi) is 3.00. The summed E-state index contributed by atoms with van der Waals surface area (Å²) in [5.41, 5.74) is 4.14. The van der Waals surface area contributed by atoms with Gasteiger partial charge in [-0.2, -0.15) is 0 Å². The lowest BCUT2D eigenvalue weighted by Gasteiger charge is -2.09. The Morgan fingerprint density at radius 1 is 1.00 bits per heavy atom. The van der Waals surface area contributed by atoms with Gasteiger partial charge < -0.3 is 0 Å². The van der Waals surface area contributed by atoms with Crippen LogP contribution >= 0.6 is 0 Å². The third kappa shape index (κ3) is 2.22. The molecule has 2 heteroatoms. The van der Waals surface area contributed by atoms with Gasteiger partial charge in [-0.1, -0.05) is 54.6 Å². The second kappa shape index (κ2) is 4.81. The number of carbonyl (C=O) groups excluding carboxylic acids is 1. The molecule has 1 atom stereocenters. The molecule has 3 rings (SSSR count). The van der Waals surface area contributed by atoms with Crippen LogP contribution in [0.15, 0.2) is 59.6 Å². The second-order valence-electron chi connectivity index (χ2n) is 4.82. The maximum Gasteiger partial charge on any atom is 0.161 e. The van der Waals surface area contributed by atoms with E-state index >= 15 is 0 Å². The van der Waals surface area contributed by atoms with Crippen molar-refractivity contribution in [1.29, 1.82) is 0 Å². The van der Waals surface area contributed by atoms with Gasteiger partial charge in [0.2, 0.25) is 0 Å². The van der Waals surface area contributed by atoms with Gasteiger partial charge in [0.05, 0.1) is 5.71 Å². The van der Waals surface area contributed by atoms with E-state index in [4.69, 9.17) is 0 Å². The number of carbonyl (C=O) groups is 1. The van der Waals surface area contributed by atoms with Crippen molar-refractivity contribution in [3.63, 3.8) is 0 Å². The minimum Gasteiger partial charge on any atom is -0.297 e. The van der Waals surface area contributed by atoms with Crippen molar-refractivity contribution in [3.8, 4) is 0 Å². The fraction of sp³-hybridized carbons (Fsp3) is 0.176. The van der Waals surface area contributed by atoms with Gasteiger partial charge in [0.1, 0.15) is 6.04 Å². The first-order valence-corrected chi connectivity index (χ1v) is 6.50. The van der Waals surface area contributed by atoms with E-state index in [0.29, 0.717) is 6.42 Å². The zero-order valence-corrected chi connectivity index (χ0v) is 10.8. The highest BCUT2D eigenvalue weighted by atomic mass is 16.1. The predicted molar refractivity (Wildman–Crippen MR) is 76.7 cm³/mol. The Morgan fingerprint density at radius 3 is 2.47 bits per heavy atom. The molecule has 0 radical (unpaired) electrons. The fourth-order valence-electron chi connectivity index (χ4n) is 2.40. The Balaban J connectivity index is 2.21. The first-order valence-electron chi connectivity index (χ1n) is 6.50. The molecule has 0 unspecified atom stereocenters. The van der Waals surface area contributed by atoms with Crippen molar-refractivity contribution in [2.45, 2.75) is 19.4 Å². The summed E-state index contributed by atoms with van der Waals surface area (Å²) in [6, 6.07) is 17.8. The summed E-state index contributed by atoms with van der Waals surface area (Å²) in [6.07, 6.45) is 0.469. The van der Waals surface area contributed by atoms with Crippen LogP contribution in [0.5, 0.6) is 0 Å². The van der Waals surface area contributed by atoms with Gasteiger partial charge in [-0.15, -0.1) is 0 Å². The van der Waals surface area contributed by atoms with Crippen molar-refractivity contribution < 1.29 is 4.79 Å². The van der Waals surface area contributed by atoms with Gasteiger partial charge in [-0.05, 0) is 12.5 Å². The number of hydrogen-bond donors (Lipinski definition) is 0. The summed E-state index contributed by atoms with van der Waals surface area (Å²) in [7, 11) is 0. The van der Waals surface area contributed by atoms with Crippen molar-refractivity contribution in [1.82, 2.24) is 0 Å². The number of Topliss-reactive ketones (excluding diaryl/α,β-unsaturated/α-hetero) is 1. The number of aliphatic imine (C=N–C) groups is 1. The van der Waals surface area contributed by atoms with E-state index < -0.39 is 0 Å². The zero-order valence-electron chi connectivity index (χ0n) is 10.8. The molecule has 1 aliphatic heterocycles. The molecule has 19 heavy (non-hydrogen) atoms. The van der Waals surface area contributed by atoms with E-state index in [0.717, 1.165) is 22.4 Å². The molecule has 0 saturated heterocycles. The average molecular weight is 249 g/mol. The quantitative estimate of drug-likeness (QED) is 0.763. The lowest BCUT2D eigenvalue weighted by molar-refractivity contribution is -0.119. The van der Waals surface area contributed by atoms with Gasteiger partial charge in [-0.25, -0.2) is 0 Å². The molecule has 1 heterocycles. The predicted octanol–water partition coefficient (Wildman–Crippen LogP) is 3.04. The Morgan fingerprint density at radius 2 is 1.68 bits per heavy atom. The van der Waals surface area contributed by atoms with E-state index in [1.807, 2.05) is 61.5 Å². The van der Waals surface area contributed by atoms with Crippen molar-refractivity contribution in [2.24, 2.45) is 4.99 Å². The number of rotatable bonds is 1. The zero-order chi connectivity index (χ0) is 13.2. The number of fused-ring (bicyclic) bond motifs is 1. The van der Waals surface area contributed by atoms with Gasteiger partial charge in [0.25, 0.3) is 0 Å². The first kappa shape index (κ1) is 11.8. The molecule has 94 valence electrons. The molecule has 2 aromatic rings. The lowest BCUT2D eigenvalue weighted by atomic mass is 9.96. The van der Waals surface area contributed by atoms with Crippen LogP contribution in [0.25, 0.3) is 0 Å². The van der Waals surface area contributed by atoms with Gasteiger partial charge in [0, 0.05) is 17.5 Å². The molecule has 2 nitrogen and oxygen atoms in total. The molecule has 0 spiro atoms. The molecule has 1 aliphatic rings. The molecule has 0 fully saturated rings. The highest BCUT2D eigenvalue weighted by Crippen LogP contribution is 2.21. The van der Waals surface area contributed by atoms with Crippen molar-refractivity contribution in [3.05, 3.63) is 71.3 Å². The smallest absolute Gasteiger partial charge is 0.161 e. The second-order valence-corrected chi connectivity index (χ2v) is 4.82. The highest BCUT2D eigenvalue weighted by Gasteiger charge is 2.22. The first-order chi connectivity index (χ1) is 9.25. The van der Waals surface area contributed by atoms with Crippen molar-refractivity contribution >= 4 is 11.5 Å². The third-order valence-corrected chi connectivity index (χ3v) is 3.47. The number of nitrogens with zero attached hydrogens (tertiary/aromatic N) is 1. The maximum absolute atomic E-state index is 12.0. The van der Waals surface area contributed by atoms with Crippen LogP contribution in [0, 0.1) is 0 Å². The topological polar surface area (TPSA) is 29.4 Å². The Labute approximate surface area is 112 Å². The molecule has 0 N–H and O–H groups in total. The van der Waals surface area contributed by atoms with Crippen LogP contribution in [0.2, 0.25) is 0 Å². The van der Waals surface area contributed by atoms with E-state index in [2.05, 4.69) is 4.99 Å². The molecule has 0 bridgehead atoms. The Bertz CT molecular complexity index is 643. The minimum atomic E-state index is -0.275. The molecule has 0 aliphatic carbocycles. The number of ketones is 1. The molecule has 0 saturated carbocycles. The largest absolute Gasteiger partial charge is 0.297 e. The summed E-state index contributed by atoms with van der Waals surface area (Å²) >= 11 is 0. The van der Waals surface area contributed by atoms with Crippen molar-refractivity contribution in [2.75, 3.05) is 0 Å². The molecule has 0 aromatic heterocycles. The molecule has 2 aromatic carbocycles. The minimum absolute atomic E-state index is 0.179. The lowest BCUT2D eigenvalue weighted by Crippen LogP contribution is -2.15. The van der Waals surface area contributed by atoms with Crippen LogP contribution in [0.4, 0.5) is 0 Å². The summed E-state index contributed by atoms with van der Waals surface area (Å²) in [4.78, 5) is 16.7. The van der Waals surface area contributed by atoms with Gasteiger partial charge in [-0.3, -0.25) is 9.79 Å². The van der Waals surface area contributed by atoms with Crippen LogP contribution in [0.1, 0.15) is 23.6 Å². The summed E-state index contributed by atoms with van der Waals surface area (Å²) in [6.45, 7) is 1.87. The van der Waals surface area contributed by atoms with E-state index in [1.54, 1.807) is 0 Å². The molecular formula is C17H15NO. The molecule has 0 amide bonds. The Hall–Kier alpha value is -2.22.